The molecule has 33 heavy (non-hydrogen) atoms. The van der Waals surface area contributed by atoms with Crippen LogP contribution >= 0.6 is 0 Å². The standard InChI is InChI=1S/C23H24F3N3O3S/c1-12(29-33(2,31)32)23(30)27-11-13-7-15(8-13)20-18-9-17(25)10-19(26)22(18)28-21(20)14-3-5-16(24)6-4-14/h3-6,9-10,12-13,15,28-29H,7-8,11H2,1-2H3,(H,27,30). The molecule has 1 heterocycles. The highest BCUT2D eigenvalue weighted by Crippen LogP contribution is 2.48. The number of hydrogen-bond acceptors (Lipinski definition) is 3. The van der Waals surface area contributed by atoms with Gasteiger partial charge in [0.15, 0.2) is 0 Å². The Hall–Kier alpha value is -2.85. The van der Waals surface area contributed by atoms with E-state index in [9.17, 15) is 26.4 Å². The van der Waals surface area contributed by atoms with Crippen molar-refractivity contribution >= 4 is 26.8 Å². The SMILES string of the molecule is CC(NS(C)(=O)=O)C(=O)NCC1CC(c2c(-c3ccc(F)cc3)[nH]c3c(F)cc(F)cc23)C1. The number of H-pyrrole nitrogens is 1. The zero-order valence-electron chi connectivity index (χ0n) is 18.1. The van der Waals surface area contributed by atoms with Crippen LogP contribution in [0.5, 0.6) is 0 Å². The van der Waals surface area contributed by atoms with Crippen molar-refractivity contribution in [2.45, 2.75) is 31.7 Å². The van der Waals surface area contributed by atoms with Crippen LogP contribution in [0.15, 0.2) is 36.4 Å². The molecule has 1 saturated carbocycles. The molecule has 1 unspecified atom stereocenters. The van der Waals surface area contributed by atoms with Crippen LogP contribution in [0.3, 0.4) is 0 Å². The summed E-state index contributed by atoms with van der Waals surface area (Å²) in [7, 11) is -3.50. The Balaban J connectivity index is 1.53. The van der Waals surface area contributed by atoms with Crippen LogP contribution in [0.1, 0.15) is 31.2 Å². The molecule has 176 valence electrons. The fourth-order valence-corrected chi connectivity index (χ4v) is 5.17. The van der Waals surface area contributed by atoms with Gasteiger partial charge in [0.25, 0.3) is 0 Å². The molecule has 1 atom stereocenters. The summed E-state index contributed by atoms with van der Waals surface area (Å²) in [5.74, 6) is -2.07. The van der Waals surface area contributed by atoms with Gasteiger partial charge in [-0.1, -0.05) is 0 Å². The smallest absolute Gasteiger partial charge is 0.237 e. The van der Waals surface area contributed by atoms with Gasteiger partial charge in [-0.15, -0.1) is 0 Å². The highest BCUT2D eigenvalue weighted by molar-refractivity contribution is 7.88. The highest BCUT2D eigenvalue weighted by atomic mass is 32.2. The van der Waals surface area contributed by atoms with E-state index in [0.717, 1.165) is 17.9 Å². The quantitative estimate of drug-likeness (QED) is 0.482. The van der Waals surface area contributed by atoms with Crippen LogP contribution in [0.2, 0.25) is 0 Å². The summed E-state index contributed by atoms with van der Waals surface area (Å²) in [6, 6.07) is 7.03. The lowest BCUT2D eigenvalue weighted by Crippen LogP contribution is -2.46. The van der Waals surface area contributed by atoms with Gasteiger partial charge in [-0.05, 0) is 73.1 Å². The molecular weight excluding hydrogens is 455 g/mol. The van der Waals surface area contributed by atoms with Gasteiger partial charge in [-0.25, -0.2) is 26.3 Å². The summed E-state index contributed by atoms with van der Waals surface area (Å²) in [6.45, 7) is 1.83. The summed E-state index contributed by atoms with van der Waals surface area (Å²) in [4.78, 5) is 15.2. The third-order valence-corrected chi connectivity index (χ3v) is 6.77. The Kier molecular flexibility index (Phi) is 6.24. The Labute approximate surface area is 189 Å². The first kappa shape index (κ1) is 23.3. The fraction of sp³-hybridized carbons (Fsp3) is 0.348. The number of aromatic nitrogens is 1. The van der Waals surface area contributed by atoms with Crippen LogP contribution in [-0.4, -0.2) is 38.2 Å². The molecule has 0 spiro atoms. The molecule has 0 bridgehead atoms. The van der Waals surface area contributed by atoms with Crippen molar-refractivity contribution < 1.29 is 26.4 Å². The molecule has 1 aliphatic carbocycles. The van der Waals surface area contributed by atoms with Crippen LogP contribution in [0, 0.1) is 23.4 Å². The predicted molar refractivity (Wildman–Crippen MR) is 120 cm³/mol. The van der Waals surface area contributed by atoms with E-state index >= 15 is 0 Å². The zero-order chi connectivity index (χ0) is 23.9. The second-order valence-corrected chi connectivity index (χ2v) is 10.4. The fourth-order valence-electron chi connectivity index (χ4n) is 4.42. The van der Waals surface area contributed by atoms with Crippen molar-refractivity contribution in [3.63, 3.8) is 0 Å². The molecule has 3 N–H and O–H groups in total. The van der Waals surface area contributed by atoms with Gasteiger partial charge in [0.1, 0.15) is 17.5 Å². The summed E-state index contributed by atoms with van der Waals surface area (Å²) in [6.07, 6.45) is 2.33. The van der Waals surface area contributed by atoms with E-state index < -0.39 is 39.4 Å². The first-order valence-electron chi connectivity index (χ1n) is 10.5. The van der Waals surface area contributed by atoms with E-state index in [0.29, 0.717) is 36.0 Å². The van der Waals surface area contributed by atoms with Gasteiger partial charge in [0, 0.05) is 18.0 Å². The molecule has 1 aliphatic rings. The van der Waals surface area contributed by atoms with E-state index in [1.54, 1.807) is 12.1 Å². The molecule has 4 rings (SSSR count). The average Bonchev–Trinajstić information content (AvgIpc) is 3.05. The van der Waals surface area contributed by atoms with E-state index in [1.807, 2.05) is 0 Å². The average molecular weight is 480 g/mol. The third kappa shape index (κ3) is 5.06. The topological polar surface area (TPSA) is 91.1 Å². The second kappa shape index (κ2) is 8.83. The van der Waals surface area contributed by atoms with Crippen molar-refractivity contribution in [2.75, 3.05) is 12.8 Å². The summed E-state index contributed by atoms with van der Waals surface area (Å²) in [5.41, 5.74) is 2.25. The maximum absolute atomic E-state index is 14.5. The number of halogens is 3. The van der Waals surface area contributed by atoms with Crippen molar-refractivity contribution in [3.8, 4) is 11.3 Å². The number of carbonyl (C=O) groups is 1. The molecule has 0 saturated heterocycles. The molecule has 10 heteroatoms. The number of nitrogens with one attached hydrogen (secondary N) is 3. The maximum Gasteiger partial charge on any atom is 0.237 e. The predicted octanol–water partition coefficient (Wildman–Crippen LogP) is 3.80. The number of amides is 1. The molecule has 0 aliphatic heterocycles. The van der Waals surface area contributed by atoms with Gasteiger partial charge in [0.05, 0.1) is 23.5 Å². The van der Waals surface area contributed by atoms with E-state index in [1.165, 1.54) is 25.1 Å². The van der Waals surface area contributed by atoms with Gasteiger partial charge in [-0.2, -0.15) is 0 Å². The molecule has 1 amide bonds. The van der Waals surface area contributed by atoms with Crippen LogP contribution < -0.4 is 10.0 Å². The molecular formula is C23H24F3N3O3S. The number of carbonyl (C=O) groups excluding carboxylic acids is 1. The number of fused-ring (bicyclic) bond motifs is 1. The molecule has 1 fully saturated rings. The van der Waals surface area contributed by atoms with Crippen LogP contribution in [0.4, 0.5) is 13.2 Å². The number of sulfonamides is 1. The van der Waals surface area contributed by atoms with E-state index in [-0.39, 0.29) is 17.4 Å². The number of rotatable bonds is 7. The van der Waals surface area contributed by atoms with Crippen molar-refractivity contribution in [1.82, 2.24) is 15.0 Å². The Bertz CT molecular complexity index is 1300. The number of hydrogen-bond donors (Lipinski definition) is 3. The normalized spacial score (nSPS) is 19.3. The summed E-state index contributed by atoms with van der Waals surface area (Å²) in [5, 5.41) is 3.19. The number of aromatic amines is 1. The van der Waals surface area contributed by atoms with Crippen LogP contribution in [0.25, 0.3) is 22.2 Å². The van der Waals surface area contributed by atoms with Gasteiger partial charge in [0.2, 0.25) is 15.9 Å². The summed E-state index contributed by atoms with van der Waals surface area (Å²) < 4.78 is 66.7. The highest BCUT2D eigenvalue weighted by Gasteiger charge is 2.35. The second-order valence-electron chi connectivity index (χ2n) is 8.62. The Morgan fingerprint density at radius 2 is 1.79 bits per heavy atom. The first-order chi connectivity index (χ1) is 15.5. The molecule has 3 aromatic rings. The van der Waals surface area contributed by atoms with E-state index in [4.69, 9.17) is 0 Å². The molecule has 0 radical (unpaired) electrons. The van der Waals surface area contributed by atoms with Gasteiger partial charge in [-0.3, -0.25) is 4.79 Å². The maximum atomic E-state index is 14.5. The summed E-state index contributed by atoms with van der Waals surface area (Å²) >= 11 is 0. The van der Waals surface area contributed by atoms with Crippen molar-refractivity contribution in [1.29, 1.82) is 0 Å². The lowest BCUT2D eigenvalue weighted by molar-refractivity contribution is -0.122. The van der Waals surface area contributed by atoms with Crippen molar-refractivity contribution in [3.05, 3.63) is 59.4 Å². The minimum atomic E-state index is -3.50. The van der Waals surface area contributed by atoms with Crippen molar-refractivity contribution in [2.24, 2.45) is 5.92 Å². The first-order valence-corrected chi connectivity index (χ1v) is 12.4. The third-order valence-electron chi connectivity index (χ3n) is 5.99. The minimum Gasteiger partial charge on any atom is -0.354 e. The minimum absolute atomic E-state index is 0.00604. The van der Waals surface area contributed by atoms with Gasteiger partial charge < -0.3 is 10.3 Å². The largest absolute Gasteiger partial charge is 0.354 e. The lowest BCUT2D eigenvalue weighted by Gasteiger charge is -2.36. The molecule has 1 aromatic heterocycles. The Morgan fingerprint density at radius 1 is 1.12 bits per heavy atom. The number of benzene rings is 2. The van der Waals surface area contributed by atoms with Crippen LogP contribution in [-0.2, 0) is 14.8 Å². The lowest BCUT2D eigenvalue weighted by atomic mass is 9.70. The monoisotopic (exact) mass is 479 g/mol. The molecule has 6 nitrogen and oxygen atoms in total. The van der Waals surface area contributed by atoms with E-state index in [2.05, 4.69) is 15.0 Å². The Morgan fingerprint density at radius 3 is 2.42 bits per heavy atom. The zero-order valence-corrected chi connectivity index (χ0v) is 18.9. The van der Waals surface area contributed by atoms with Gasteiger partial charge >= 0.3 is 0 Å². The molecule has 2 aromatic carbocycles.